The van der Waals surface area contributed by atoms with Crippen LogP contribution in [-0.4, -0.2) is 39.6 Å². The molecule has 1 heterocycles. The van der Waals surface area contributed by atoms with Gasteiger partial charge in [-0.2, -0.15) is 0 Å². The molecule has 3 unspecified atom stereocenters. The van der Waals surface area contributed by atoms with Crippen LogP contribution in [0.5, 0.6) is 0 Å². The number of rotatable bonds is 2. The number of likely N-dealkylation sites (tertiary alicyclic amines) is 1. The van der Waals surface area contributed by atoms with Gasteiger partial charge in [-0.05, 0) is 51.4 Å². The van der Waals surface area contributed by atoms with Crippen LogP contribution in [0.4, 0.5) is 4.79 Å². The fraction of sp³-hybridized carbons (Fsp3) is 0.867. The van der Waals surface area contributed by atoms with Crippen LogP contribution in [0, 0.1) is 5.92 Å². The van der Waals surface area contributed by atoms with Gasteiger partial charge in [0, 0.05) is 11.6 Å². The normalized spacial score (nSPS) is 35.0. The van der Waals surface area contributed by atoms with E-state index in [0.717, 1.165) is 38.5 Å². The lowest BCUT2D eigenvalue weighted by Gasteiger charge is -2.42. The maximum atomic E-state index is 12.6. The number of hydrogen-bond donors (Lipinski definition) is 2. The van der Waals surface area contributed by atoms with Crippen molar-refractivity contribution in [2.45, 2.75) is 75.9 Å². The van der Waals surface area contributed by atoms with Crippen molar-refractivity contribution in [1.29, 1.82) is 0 Å². The van der Waals surface area contributed by atoms with E-state index in [0.29, 0.717) is 12.3 Å². The maximum absolute atomic E-state index is 12.6. The number of urea groups is 1. The van der Waals surface area contributed by atoms with E-state index in [4.69, 9.17) is 0 Å². The Morgan fingerprint density at radius 1 is 1.20 bits per heavy atom. The Morgan fingerprint density at radius 3 is 2.50 bits per heavy atom. The minimum atomic E-state index is -0.853. The fourth-order valence-corrected chi connectivity index (χ4v) is 4.13. The number of carbonyl (C=O) groups is 2. The van der Waals surface area contributed by atoms with Crippen molar-refractivity contribution in [3.8, 4) is 0 Å². The molecule has 5 nitrogen and oxygen atoms in total. The Kier molecular flexibility index (Phi) is 3.38. The van der Waals surface area contributed by atoms with Gasteiger partial charge in [-0.15, -0.1) is 0 Å². The predicted molar refractivity (Wildman–Crippen MR) is 74.4 cm³/mol. The molecule has 1 aliphatic heterocycles. The second-order valence-electron chi connectivity index (χ2n) is 6.95. The number of aliphatic carboxylic acids is 1. The first kappa shape index (κ1) is 13.7. The van der Waals surface area contributed by atoms with Crippen LogP contribution in [0.3, 0.4) is 0 Å². The quantitative estimate of drug-likeness (QED) is 0.815. The molecule has 2 N–H and O–H groups in total. The third-order valence-electron chi connectivity index (χ3n) is 5.47. The lowest BCUT2D eigenvalue weighted by Crippen LogP contribution is -2.58. The van der Waals surface area contributed by atoms with Crippen LogP contribution in [0.2, 0.25) is 0 Å². The first-order valence-corrected chi connectivity index (χ1v) is 7.83. The van der Waals surface area contributed by atoms with Crippen LogP contribution in [0.15, 0.2) is 0 Å². The predicted octanol–water partition coefficient (Wildman–Crippen LogP) is 2.36. The SMILES string of the molecule is CC1(NC(=O)N2C(C(=O)O)CC3CCCCC32)CCC1. The Balaban J connectivity index is 1.76. The Hall–Kier alpha value is -1.26. The molecule has 5 heteroatoms. The lowest BCUT2D eigenvalue weighted by atomic mass is 9.78. The fourth-order valence-electron chi connectivity index (χ4n) is 4.13. The molecule has 0 aromatic carbocycles. The average Bonchev–Trinajstić information content (AvgIpc) is 2.76. The summed E-state index contributed by atoms with van der Waals surface area (Å²) in [4.78, 5) is 25.7. The van der Waals surface area contributed by atoms with E-state index in [1.807, 2.05) is 0 Å². The number of carboxylic acid groups (broad SMARTS) is 1. The molecule has 2 aliphatic carbocycles. The van der Waals surface area contributed by atoms with Crippen molar-refractivity contribution in [3.63, 3.8) is 0 Å². The molecular formula is C15H24N2O3. The monoisotopic (exact) mass is 280 g/mol. The largest absolute Gasteiger partial charge is 0.480 e. The molecule has 0 aromatic rings. The number of carboxylic acids is 1. The zero-order valence-electron chi connectivity index (χ0n) is 12.1. The van der Waals surface area contributed by atoms with Gasteiger partial charge >= 0.3 is 12.0 Å². The van der Waals surface area contributed by atoms with Gasteiger partial charge in [0.05, 0.1) is 0 Å². The van der Waals surface area contributed by atoms with Crippen molar-refractivity contribution in [2.24, 2.45) is 5.92 Å². The lowest BCUT2D eigenvalue weighted by molar-refractivity contribution is -0.141. The maximum Gasteiger partial charge on any atom is 0.326 e. The van der Waals surface area contributed by atoms with Crippen molar-refractivity contribution < 1.29 is 14.7 Å². The minimum absolute atomic E-state index is 0.118. The molecule has 0 radical (unpaired) electrons. The van der Waals surface area contributed by atoms with Gasteiger partial charge in [0.2, 0.25) is 0 Å². The topological polar surface area (TPSA) is 69.6 Å². The van der Waals surface area contributed by atoms with Crippen molar-refractivity contribution in [1.82, 2.24) is 10.2 Å². The van der Waals surface area contributed by atoms with Crippen molar-refractivity contribution in [2.75, 3.05) is 0 Å². The van der Waals surface area contributed by atoms with Crippen molar-refractivity contribution >= 4 is 12.0 Å². The van der Waals surface area contributed by atoms with Gasteiger partial charge in [-0.25, -0.2) is 9.59 Å². The summed E-state index contributed by atoms with van der Waals surface area (Å²) in [6, 6.07) is -0.658. The molecule has 2 saturated carbocycles. The van der Waals surface area contributed by atoms with Gasteiger partial charge in [-0.1, -0.05) is 12.8 Å². The van der Waals surface area contributed by atoms with Crippen LogP contribution >= 0.6 is 0 Å². The highest BCUT2D eigenvalue weighted by Gasteiger charge is 2.48. The molecule has 3 rings (SSSR count). The zero-order chi connectivity index (χ0) is 14.3. The van der Waals surface area contributed by atoms with Crippen LogP contribution in [0.1, 0.15) is 58.3 Å². The summed E-state index contributed by atoms with van der Waals surface area (Å²) in [6.07, 6.45) is 8.06. The number of fused-ring (bicyclic) bond motifs is 1. The highest BCUT2D eigenvalue weighted by atomic mass is 16.4. The van der Waals surface area contributed by atoms with E-state index in [9.17, 15) is 14.7 Å². The van der Waals surface area contributed by atoms with Gasteiger partial charge in [-0.3, -0.25) is 0 Å². The molecule has 0 spiro atoms. The molecule has 0 bridgehead atoms. The van der Waals surface area contributed by atoms with Gasteiger partial charge < -0.3 is 15.3 Å². The summed E-state index contributed by atoms with van der Waals surface area (Å²) < 4.78 is 0. The van der Waals surface area contributed by atoms with Crippen LogP contribution in [-0.2, 0) is 4.79 Å². The number of hydrogen-bond acceptors (Lipinski definition) is 2. The average molecular weight is 280 g/mol. The molecule has 3 fully saturated rings. The van der Waals surface area contributed by atoms with E-state index in [1.54, 1.807) is 4.90 Å². The van der Waals surface area contributed by atoms with Gasteiger partial charge in [0.15, 0.2) is 0 Å². The second kappa shape index (κ2) is 4.93. The number of nitrogens with zero attached hydrogens (tertiary/aromatic N) is 1. The summed E-state index contributed by atoms with van der Waals surface area (Å²) in [7, 11) is 0. The second-order valence-corrected chi connectivity index (χ2v) is 6.95. The molecule has 3 aliphatic rings. The van der Waals surface area contributed by atoms with E-state index >= 15 is 0 Å². The Morgan fingerprint density at radius 2 is 1.90 bits per heavy atom. The van der Waals surface area contributed by atoms with Gasteiger partial charge in [0.1, 0.15) is 6.04 Å². The highest BCUT2D eigenvalue weighted by Crippen LogP contribution is 2.40. The molecule has 2 amide bonds. The van der Waals surface area contributed by atoms with E-state index in [1.165, 1.54) is 6.42 Å². The van der Waals surface area contributed by atoms with Crippen molar-refractivity contribution in [3.05, 3.63) is 0 Å². The first-order chi connectivity index (χ1) is 9.50. The molecule has 0 aromatic heterocycles. The molecular weight excluding hydrogens is 256 g/mol. The number of amides is 2. The third kappa shape index (κ3) is 2.27. The summed E-state index contributed by atoms with van der Waals surface area (Å²) in [5.41, 5.74) is -0.118. The minimum Gasteiger partial charge on any atom is -0.480 e. The summed E-state index contributed by atoms with van der Waals surface area (Å²) >= 11 is 0. The Bertz CT molecular complexity index is 419. The zero-order valence-corrected chi connectivity index (χ0v) is 12.1. The van der Waals surface area contributed by atoms with Gasteiger partial charge in [0.25, 0.3) is 0 Å². The summed E-state index contributed by atoms with van der Waals surface area (Å²) in [6.45, 7) is 2.05. The molecule has 20 heavy (non-hydrogen) atoms. The van der Waals surface area contributed by atoms with Crippen LogP contribution < -0.4 is 5.32 Å². The van der Waals surface area contributed by atoms with Crippen LogP contribution in [0.25, 0.3) is 0 Å². The smallest absolute Gasteiger partial charge is 0.326 e. The highest BCUT2D eigenvalue weighted by molar-refractivity contribution is 5.84. The number of carbonyl (C=O) groups excluding carboxylic acids is 1. The van der Waals surface area contributed by atoms with E-state index < -0.39 is 12.0 Å². The van der Waals surface area contributed by atoms with E-state index in [2.05, 4.69) is 12.2 Å². The standard InChI is InChI=1S/C15H24N2O3/c1-15(7-4-8-15)16-14(20)17-11-6-3-2-5-10(11)9-12(17)13(18)19/h10-12H,2-9H2,1H3,(H,16,20)(H,18,19). The first-order valence-electron chi connectivity index (χ1n) is 7.83. The Labute approximate surface area is 119 Å². The molecule has 1 saturated heterocycles. The molecule has 112 valence electrons. The summed E-state index contributed by atoms with van der Waals surface area (Å²) in [5.74, 6) is -0.474. The molecule has 3 atom stereocenters. The van der Waals surface area contributed by atoms with E-state index in [-0.39, 0.29) is 17.6 Å². The summed E-state index contributed by atoms with van der Waals surface area (Å²) in [5, 5.41) is 12.5. The number of nitrogens with one attached hydrogen (secondary N) is 1. The third-order valence-corrected chi connectivity index (χ3v) is 5.47.